The van der Waals surface area contributed by atoms with Gasteiger partial charge in [0.1, 0.15) is 11.4 Å². The maximum absolute atomic E-state index is 13.4. The van der Waals surface area contributed by atoms with Crippen molar-refractivity contribution in [3.8, 4) is 22.7 Å². The molecule has 8 heteroatoms. The fraction of sp³-hybridized carbons (Fsp3) is 0.296. The molecule has 1 aliphatic rings. The summed E-state index contributed by atoms with van der Waals surface area (Å²) in [7, 11) is 1.62. The molecule has 5 rings (SSSR count). The number of thiazole rings is 1. The number of benzene rings is 2. The molecule has 1 fully saturated rings. The number of rotatable bonds is 7. The van der Waals surface area contributed by atoms with Crippen LogP contribution in [0.4, 0.5) is 5.13 Å². The van der Waals surface area contributed by atoms with Gasteiger partial charge in [0.2, 0.25) is 0 Å². The summed E-state index contributed by atoms with van der Waals surface area (Å²) >= 11 is 1.45. The van der Waals surface area contributed by atoms with E-state index in [-0.39, 0.29) is 5.91 Å². The molecule has 1 aliphatic heterocycles. The van der Waals surface area contributed by atoms with E-state index in [1.807, 2.05) is 60.0 Å². The van der Waals surface area contributed by atoms with E-state index < -0.39 is 0 Å². The molecule has 0 bridgehead atoms. The Balaban J connectivity index is 1.40. The van der Waals surface area contributed by atoms with Gasteiger partial charge in [0.25, 0.3) is 5.91 Å². The van der Waals surface area contributed by atoms with Gasteiger partial charge in [-0.25, -0.2) is 9.67 Å². The lowest BCUT2D eigenvalue weighted by Gasteiger charge is -2.29. The average molecular weight is 488 g/mol. The number of carbonyl (C=O) groups excluding carboxylic acids is 1. The number of likely N-dealkylation sites (tertiary alicyclic amines) is 1. The van der Waals surface area contributed by atoms with Crippen LogP contribution in [0.25, 0.3) is 16.9 Å². The highest BCUT2D eigenvalue weighted by molar-refractivity contribution is 7.14. The minimum Gasteiger partial charge on any atom is -0.496 e. The summed E-state index contributed by atoms with van der Waals surface area (Å²) in [5, 5.41) is 10.4. The van der Waals surface area contributed by atoms with E-state index in [4.69, 9.17) is 9.84 Å². The molecule has 1 amide bonds. The maximum atomic E-state index is 13.4. The van der Waals surface area contributed by atoms with Crippen LogP contribution in [0.1, 0.15) is 35.8 Å². The number of piperidine rings is 1. The monoisotopic (exact) mass is 487 g/mol. The number of para-hydroxylation sites is 2. The Morgan fingerprint density at radius 1 is 1.11 bits per heavy atom. The van der Waals surface area contributed by atoms with Crippen LogP contribution in [0.5, 0.6) is 5.75 Å². The molecular formula is C27H29N5O2S. The first-order chi connectivity index (χ1) is 17.1. The zero-order chi connectivity index (χ0) is 24.2. The summed E-state index contributed by atoms with van der Waals surface area (Å²) < 4.78 is 7.28. The number of anilines is 1. The van der Waals surface area contributed by atoms with Gasteiger partial charge in [-0.3, -0.25) is 15.0 Å². The third-order valence-corrected chi connectivity index (χ3v) is 7.18. The summed E-state index contributed by atoms with van der Waals surface area (Å²) in [6.45, 7) is 5.33. The van der Waals surface area contributed by atoms with Crippen molar-refractivity contribution in [3.05, 3.63) is 77.4 Å². The Morgan fingerprint density at radius 3 is 2.63 bits per heavy atom. The smallest absolute Gasteiger partial charge is 0.261 e. The highest BCUT2D eigenvalue weighted by atomic mass is 32.1. The normalized spacial score (nSPS) is 14.7. The summed E-state index contributed by atoms with van der Waals surface area (Å²) in [6, 6.07) is 17.3. The number of hydrogen-bond acceptors (Lipinski definition) is 6. The third-order valence-electron chi connectivity index (χ3n) is 6.38. The van der Waals surface area contributed by atoms with Gasteiger partial charge in [0.05, 0.1) is 24.1 Å². The van der Waals surface area contributed by atoms with Crippen molar-refractivity contribution in [2.24, 2.45) is 5.92 Å². The molecule has 0 spiro atoms. The molecule has 0 aliphatic carbocycles. The Labute approximate surface area is 209 Å². The Kier molecular flexibility index (Phi) is 6.92. The van der Waals surface area contributed by atoms with Crippen molar-refractivity contribution in [2.45, 2.75) is 26.3 Å². The Hall–Kier alpha value is -3.49. The van der Waals surface area contributed by atoms with Gasteiger partial charge >= 0.3 is 0 Å². The lowest BCUT2D eigenvalue weighted by molar-refractivity contribution is 0.102. The van der Waals surface area contributed by atoms with Gasteiger partial charge in [0.15, 0.2) is 5.13 Å². The quantitative estimate of drug-likeness (QED) is 0.373. The predicted octanol–water partition coefficient (Wildman–Crippen LogP) is 5.49. The fourth-order valence-corrected chi connectivity index (χ4v) is 5.04. The molecule has 2 aromatic heterocycles. The van der Waals surface area contributed by atoms with Crippen molar-refractivity contribution >= 4 is 22.4 Å². The van der Waals surface area contributed by atoms with Gasteiger partial charge in [-0.15, -0.1) is 11.3 Å². The summed E-state index contributed by atoms with van der Waals surface area (Å²) in [5.74, 6) is 1.21. The number of methoxy groups -OCH3 is 1. The van der Waals surface area contributed by atoms with Gasteiger partial charge in [-0.2, -0.15) is 5.10 Å². The minimum absolute atomic E-state index is 0.249. The van der Waals surface area contributed by atoms with Crippen molar-refractivity contribution in [2.75, 3.05) is 25.5 Å². The maximum Gasteiger partial charge on any atom is 0.261 e. The molecule has 0 radical (unpaired) electrons. The van der Waals surface area contributed by atoms with Crippen molar-refractivity contribution in [1.82, 2.24) is 19.7 Å². The van der Waals surface area contributed by atoms with Crippen LogP contribution in [0.15, 0.2) is 66.2 Å². The van der Waals surface area contributed by atoms with Gasteiger partial charge < -0.3 is 4.74 Å². The van der Waals surface area contributed by atoms with E-state index in [9.17, 15) is 4.79 Å². The molecule has 35 heavy (non-hydrogen) atoms. The topological polar surface area (TPSA) is 72.3 Å². The number of hydrogen-bond donors (Lipinski definition) is 1. The largest absolute Gasteiger partial charge is 0.496 e. The van der Waals surface area contributed by atoms with Gasteiger partial charge in [0, 0.05) is 23.7 Å². The number of carbonyl (C=O) groups is 1. The van der Waals surface area contributed by atoms with Crippen LogP contribution in [0.3, 0.4) is 0 Å². The predicted molar refractivity (Wildman–Crippen MR) is 139 cm³/mol. The first-order valence-corrected chi connectivity index (χ1v) is 12.8. The number of ether oxygens (including phenoxy) is 1. The van der Waals surface area contributed by atoms with Crippen LogP contribution in [-0.4, -0.2) is 45.8 Å². The summed E-state index contributed by atoms with van der Waals surface area (Å²) in [6.07, 6.45) is 4.21. The molecule has 0 unspecified atom stereocenters. The molecule has 1 saturated heterocycles. The molecule has 0 atom stereocenters. The zero-order valence-corrected chi connectivity index (χ0v) is 20.8. The Morgan fingerprint density at radius 2 is 1.86 bits per heavy atom. The SMILES string of the molecule is COc1ccccc1-c1nn(-c2ccccc2)cc1C(=O)Nc1nc(CN2CCC(C)CC2)cs1. The molecule has 3 heterocycles. The first-order valence-electron chi connectivity index (χ1n) is 11.9. The Bertz CT molecular complexity index is 1290. The van der Waals surface area contributed by atoms with E-state index in [0.717, 1.165) is 42.5 Å². The summed E-state index contributed by atoms with van der Waals surface area (Å²) in [5.41, 5.74) is 3.64. The number of nitrogens with zero attached hydrogens (tertiary/aromatic N) is 4. The standard InChI is InChI=1S/C27H29N5O2S/c1-19-12-14-31(15-13-19)16-20-18-35-27(28-20)29-26(33)23-17-32(21-8-4-3-5-9-21)30-25(23)22-10-6-7-11-24(22)34-2/h3-11,17-19H,12-16H2,1-2H3,(H,28,29,33). The molecule has 2 aromatic carbocycles. The summed E-state index contributed by atoms with van der Waals surface area (Å²) in [4.78, 5) is 20.6. The van der Waals surface area contributed by atoms with E-state index in [0.29, 0.717) is 22.1 Å². The van der Waals surface area contributed by atoms with Crippen LogP contribution in [0.2, 0.25) is 0 Å². The molecule has 7 nitrogen and oxygen atoms in total. The van der Waals surface area contributed by atoms with Crippen LogP contribution < -0.4 is 10.1 Å². The number of aromatic nitrogens is 3. The number of amides is 1. The second-order valence-corrected chi connectivity index (χ2v) is 9.79. The first kappa shape index (κ1) is 23.3. The lowest BCUT2D eigenvalue weighted by Crippen LogP contribution is -2.32. The lowest BCUT2D eigenvalue weighted by atomic mass is 9.99. The van der Waals surface area contributed by atoms with Crippen LogP contribution in [0, 0.1) is 5.92 Å². The molecule has 1 N–H and O–H groups in total. The highest BCUT2D eigenvalue weighted by Crippen LogP contribution is 2.32. The fourth-order valence-electron chi connectivity index (χ4n) is 4.34. The highest BCUT2D eigenvalue weighted by Gasteiger charge is 2.22. The van der Waals surface area contributed by atoms with E-state index in [1.165, 1.54) is 24.2 Å². The molecule has 4 aromatic rings. The molecular weight excluding hydrogens is 458 g/mol. The third kappa shape index (κ3) is 5.28. The zero-order valence-electron chi connectivity index (χ0n) is 20.0. The average Bonchev–Trinajstić information content (AvgIpc) is 3.53. The molecule has 0 saturated carbocycles. The van der Waals surface area contributed by atoms with Gasteiger partial charge in [-0.1, -0.05) is 37.3 Å². The van der Waals surface area contributed by atoms with Crippen LogP contribution >= 0.6 is 11.3 Å². The molecule has 180 valence electrons. The van der Waals surface area contributed by atoms with Crippen molar-refractivity contribution in [1.29, 1.82) is 0 Å². The van der Waals surface area contributed by atoms with E-state index >= 15 is 0 Å². The second-order valence-electron chi connectivity index (χ2n) is 8.93. The van der Waals surface area contributed by atoms with E-state index in [1.54, 1.807) is 18.0 Å². The number of nitrogens with one attached hydrogen (secondary N) is 1. The second kappa shape index (κ2) is 10.4. The van der Waals surface area contributed by atoms with E-state index in [2.05, 4.69) is 22.1 Å². The minimum atomic E-state index is -0.249. The van der Waals surface area contributed by atoms with Crippen molar-refractivity contribution in [3.63, 3.8) is 0 Å². The van der Waals surface area contributed by atoms with Crippen LogP contribution in [-0.2, 0) is 6.54 Å². The van der Waals surface area contributed by atoms with Gasteiger partial charge in [-0.05, 0) is 56.1 Å². The van der Waals surface area contributed by atoms with Crippen molar-refractivity contribution < 1.29 is 9.53 Å².